The van der Waals surface area contributed by atoms with Gasteiger partial charge in [0.15, 0.2) is 5.69 Å². The topological polar surface area (TPSA) is 110 Å². The number of carboxylic acids is 1. The van der Waals surface area contributed by atoms with Crippen LogP contribution in [0.5, 0.6) is 0 Å². The van der Waals surface area contributed by atoms with Gasteiger partial charge in [0.05, 0.1) is 17.3 Å². The van der Waals surface area contributed by atoms with Crippen LogP contribution in [0.3, 0.4) is 0 Å². The van der Waals surface area contributed by atoms with Gasteiger partial charge in [-0.1, -0.05) is 31.2 Å². The van der Waals surface area contributed by atoms with E-state index in [1.807, 2.05) is 38.1 Å². The van der Waals surface area contributed by atoms with Crippen LogP contribution in [0, 0.1) is 18.8 Å². The second-order valence-electron chi connectivity index (χ2n) is 7.18. The van der Waals surface area contributed by atoms with Crippen LogP contribution in [0.15, 0.2) is 36.7 Å². The summed E-state index contributed by atoms with van der Waals surface area (Å²) in [4.78, 5) is 28.1. The molecule has 1 unspecified atom stereocenters. The van der Waals surface area contributed by atoms with E-state index in [2.05, 4.69) is 20.6 Å². The molecular formula is C20H23N5O3. The van der Waals surface area contributed by atoms with Crippen molar-refractivity contribution in [2.75, 3.05) is 6.54 Å². The van der Waals surface area contributed by atoms with Gasteiger partial charge in [-0.3, -0.25) is 14.6 Å². The number of pyridine rings is 1. The first-order chi connectivity index (χ1) is 13.4. The van der Waals surface area contributed by atoms with Gasteiger partial charge in [-0.15, -0.1) is 5.10 Å². The average Bonchev–Trinajstić information content (AvgIpc) is 3.05. The molecule has 0 saturated heterocycles. The number of hydrogen-bond donors (Lipinski definition) is 2. The lowest BCUT2D eigenvalue weighted by Gasteiger charge is -2.15. The number of nitrogens with one attached hydrogen (secondary N) is 1. The van der Waals surface area contributed by atoms with Crippen molar-refractivity contribution in [3.63, 3.8) is 0 Å². The van der Waals surface area contributed by atoms with Gasteiger partial charge in [0.25, 0.3) is 5.91 Å². The largest absolute Gasteiger partial charge is 0.481 e. The van der Waals surface area contributed by atoms with E-state index in [0.29, 0.717) is 12.1 Å². The van der Waals surface area contributed by atoms with E-state index in [1.54, 1.807) is 24.0 Å². The predicted octanol–water partition coefficient (Wildman–Crippen LogP) is 2.60. The zero-order valence-electron chi connectivity index (χ0n) is 16.1. The Kier molecular flexibility index (Phi) is 5.67. The molecule has 146 valence electrons. The Bertz CT molecular complexity index is 1010. The Labute approximate surface area is 162 Å². The molecule has 0 spiro atoms. The van der Waals surface area contributed by atoms with Gasteiger partial charge in [-0.05, 0) is 31.4 Å². The number of aliphatic carboxylic acids is 1. The first-order valence-electron chi connectivity index (χ1n) is 9.15. The van der Waals surface area contributed by atoms with E-state index in [9.17, 15) is 14.7 Å². The van der Waals surface area contributed by atoms with Gasteiger partial charge in [-0.25, -0.2) is 4.68 Å². The first-order valence-corrected chi connectivity index (χ1v) is 9.15. The summed E-state index contributed by atoms with van der Waals surface area (Å²) in [5, 5.41) is 22.1. The van der Waals surface area contributed by atoms with Gasteiger partial charge in [0.1, 0.15) is 0 Å². The molecule has 0 bridgehead atoms. The maximum absolute atomic E-state index is 12.6. The Hall–Kier alpha value is -3.29. The number of carbonyl (C=O) groups excluding carboxylic acids is 1. The molecule has 0 fully saturated rings. The number of aromatic nitrogens is 4. The summed E-state index contributed by atoms with van der Waals surface area (Å²) in [5.74, 6) is -1.76. The highest BCUT2D eigenvalue weighted by atomic mass is 16.4. The second-order valence-corrected chi connectivity index (χ2v) is 7.18. The molecule has 2 heterocycles. The predicted molar refractivity (Wildman–Crippen MR) is 104 cm³/mol. The summed E-state index contributed by atoms with van der Waals surface area (Å²) in [7, 11) is 0. The van der Waals surface area contributed by atoms with E-state index in [0.717, 1.165) is 16.5 Å². The molecule has 3 rings (SSSR count). The first kappa shape index (κ1) is 19.5. The summed E-state index contributed by atoms with van der Waals surface area (Å²) >= 11 is 0. The molecule has 28 heavy (non-hydrogen) atoms. The molecule has 8 nitrogen and oxygen atoms in total. The van der Waals surface area contributed by atoms with Crippen molar-refractivity contribution in [1.29, 1.82) is 0 Å². The standard InChI is InChI=1S/C20H23N5O3/c1-12(2)9-15(20(27)28)11-22-19(26)18-13(3)25(24-23-18)17-6-4-5-14-10-21-8-7-16(14)17/h4-8,10,12,15H,9,11H2,1-3H3,(H,22,26)(H,27,28). The van der Waals surface area contributed by atoms with Gasteiger partial charge >= 0.3 is 5.97 Å². The van der Waals surface area contributed by atoms with Crippen molar-refractivity contribution in [3.05, 3.63) is 48.0 Å². The summed E-state index contributed by atoms with van der Waals surface area (Å²) < 4.78 is 1.61. The lowest BCUT2D eigenvalue weighted by Crippen LogP contribution is -2.34. The Morgan fingerprint density at radius 1 is 1.25 bits per heavy atom. The highest BCUT2D eigenvalue weighted by Gasteiger charge is 2.23. The van der Waals surface area contributed by atoms with Crippen LogP contribution < -0.4 is 5.32 Å². The molecule has 1 atom stereocenters. The van der Waals surface area contributed by atoms with E-state index in [1.165, 1.54) is 0 Å². The monoisotopic (exact) mass is 381 g/mol. The summed E-state index contributed by atoms with van der Waals surface area (Å²) in [6, 6.07) is 7.62. The minimum Gasteiger partial charge on any atom is -0.481 e. The highest BCUT2D eigenvalue weighted by Crippen LogP contribution is 2.22. The van der Waals surface area contributed by atoms with Crippen molar-refractivity contribution >= 4 is 22.6 Å². The van der Waals surface area contributed by atoms with Crippen molar-refractivity contribution in [1.82, 2.24) is 25.3 Å². The molecule has 2 aromatic heterocycles. The van der Waals surface area contributed by atoms with E-state index in [-0.39, 0.29) is 18.2 Å². The molecule has 1 aromatic carbocycles. The number of nitrogens with zero attached hydrogens (tertiary/aromatic N) is 4. The van der Waals surface area contributed by atoms with Gasteiger partial charge in [0, 0.05) is 29.7 Å². The minimum atomic E-state index is -0.918. The SMILES string of the molecule is Cc1c(C(=O)NCC(CC(C)C)C(=O)O)nnn1-c1cccc2cnccc12. The second kappa shape index (κ2) is 8.16. The van der Waals surface area contributed by atoms with Crippen molar-refractivity contribution < 1.29 is 14.7 Å². The van der Waals surface area contributed by atoms with E-state index < -0.39 is 17.8 Å². The fourth-order valence-electron chi connectivity index (χ4n) is 3.20. The normalized spacial score (nSPS) is 12.3. The lowest BCUT2D eigenvalue weighted by molar-refractivity contribution is -0.142. The molecule has 3 aromatic rings. The van der Waals surface area contributed by atoms with Crippen LogP contribution >= 0.6 is 0 Å². The number of carboxylic acid groups (broad SMARTS) is 1. The van der Waals surface area contributed by atoms with Crippen LogP contribution in [0.4, 0.5) is 0 Å². The van der Waals surface area contributed by atoms with Crippen LogP contribution in [0.25, 0.3) is 16.5 Å². The number of benzene rings is 1. The Balaban J connectivity index is 1.82. The maximum Gasteiger partial charge on any atom is 0.308 e. The zero-order valence-corrected chi connectivity index (χ0v) is 16.1. The number of fused-ring (bicyclic) bond motifs is 1. The van der Waals surface area contributed by atoms with Gasteiger partial charge in [0.2, 0.25) is 0 Å². The number of hydrogen-bond acceptors (Lipinski definition) is 5. The Morgan fingerprint density at radius 3 is 2.75 bits per heavy atom. The lowest BCUT2D eigenvalue weighted by atomic mass is 9.97. The average molecular weight is 381 g/mol. The highest BCUT2D eigenvalue weighted by molar-refractivity contribution is 5.94. The van der Waals surface area contributed by atoms with Crippen LogP contribution in [0.2, 0.25) is 0 Å². The molecule has 0 radical (unpaired) electrons. The molecule has 0 saturated carbocycles. The van der Waals surface area contributed by atoms with Crippen LogP contribution in [-0.4, -0.2) is 43.5 Å². The zero-order chi connectivity index (χ0) is 20.3. The van der Waals surface area contributed by atoms with Crippen molar-refractivity contribution in [2.45, 2.75) is 27.2 Å². The molecule has 1 amide bonds. The molecule has 0 aliphatic carbocycles. The summed E-state index contributed by atoms with van der Waals surface area (Å²) in [6.45, 7) is 5.72. The number of carbonyl (C=O) groups is 2. The van der Waals surface area contributed by atoms with Gasteiger partial charge in [-0.2, -0.15) is 0 Å². The van der Waals surface area contributed by atoms with Crippen LogP contribution in [-0.2, 0) is 4.79 Å². The fraction of sp³-hybridized carbons (Fsp3) is 0.350. The molecular weight excluding hydrogens is 358 g/mol. The fourth-order valence-corrected chi connectivity index (χ4v) is 3.20. The van der Waals surface area contributed by atoms with Crippen molar-refractivity contribution in [3.8, 4) is 5.69 Å². The smallest absolute Gasteiger partial charge is 0.308 e. The molecule has 0 aliphatic heterocycles. The molecule has 8 heteroatoms. The molecule has 2 N–H and O–H groups in total. The number of amides is 1. The maximum atomic E-state index is 12.6. The third kappa shape index (κ3) is 4.00. The van der Waals surface area contributed by atoms with Gasteiger partial charge < -0.3 is 10.4 Å². The third-order valence-corrected chi connectivity index (χ3v) is 4.61. The minimum absolute atomic E-state index is 0.0542. The van der Waals surface area contributed by atoms with E-state index >= 15 is 0 Å². The number of rotatable bonds is 7. The summed E-state index contributed by atoms with van der Waals surface area (Å²) in [6.07, 6.45) is 3.96. The Morgan fingerprint density at radius 2 is 2.04 bits per heavy atom. The molecule has 0 aliphatic rings. The third-order valence-electron chi connectivity index (χ3n) is 4.61. The van der Waals surface area contributed by atoms with E-state index in [4.69, 9.17) is 0 Å². The van der Waals surface area contributed by atoms with Crippen LogP contribution in [0.1, 0.15) is 36.5 Å². The van der Waals surface area contributed by atoms with Crippen molar-refractivity contribution in [2.24, 2.45) is 11.8 Å². The quantitative estimate of drug-likeness (QED) is 0.651. The summed E-state index contributed by atoms with van der Waals surface area (Å²) in [5.41, 5.74) is 1.56.